The Kier molecular flexibility index (Phi) is 5.33. The number of hydrogen-bond acceptors (Lipinski definition) is 4. The molecule has 0 fully saturated rings. The summed E-state index contributed by atoms with van der Waals surface area (Å²) < 4.78 is 12.0. The topological polar surface area (TPSA) is 52.6 Å². The first-order valence-electron chi connectivity index (χ1n) is 7.41. The minimum atomic E-state index is -0.484. The summed E-state index contributed by atoms with van der Waals surface area (Å²) in [4.78, 5) is 23.4. The molecular weight excluding hydrogens is 396 g/mol. The molecule has 0 aromatic heterocycles. The van der Waals surface area contributed by atoms with Crippen LogP contribution in [0.25, 0.3) is 0 Å². The quantitative estimate of drug-likeness (QED) is 0.558. The smallest absolute Gasteiger partial charge is 0.338 e. The van der Waals surface area contributed by atoms with E-state index in [0.717, 1.165) is 15.6 Å². The number of rotatable bonds is 4. The Morgan fingerprint density at radius 3 is 2.58 bits per heavy atom. The van der Waals surface area contributed by atoms with Gasteiger partial charge >= 0.3 is 5.97 Å². The largest absolute Gasteiger partial charge is 0.459 e. The highest BCUT2D eigenvalue weighted by Crippen LogP contribution is 2.29. The van der Waals surface area contributed by atoms with Crippen LogP contribution in [0, 0.1) is 0 Å². The van der Waals surface area contributed by atoms with Gasteiger partial charge in [0, 0.05) is 10.0 Å². The summed E-state index contributed by atoms with van der Waals surface area (Å²) in [5.41, 5.74) is 2.87. The molecule has 0 aliphatic carbocycles. The molecule has 24 heavy (non-hydrogen) atoms. The van der Waals surface area contributed by atoms with Crippen molar-refractivity contribution in [2.45, 2.75) is 12.5 Å². The monoisotopic (exact) mass is 408 g/mol. The van der Waals surface area contributed by atoms with Gasteiger partial charge in [-0.3, -0.25) is 4.79 Å². The van der Waals surface area contributed by atoms with Gasteiger partial charge in [-0.05, 0) is 65.5 Å². The lowest BCUT2D eigenvalue weighted by Crippen LogP contribution is -2.22. The lowest BCUT2D eigenvalue weighted by molar-refractivity contribution is -0.0153. The predicted molar refractivity (Wildman–Crippen MR) is 93.4 cm³/mol. The molecular formula is C18H14BrClO4. The molecule has 0 saturated heterocycles. The fraction of sp³-hybridized carbons (Fsp3) is 0.222. The van der Waals surface area contributed by atoms with Crippen LogP contribution in [-0.4, -0.2) is 24.4 Å². The van der Waals surface area contributed by atoms with Crippen LogP contribution in [0.15, 0.2) is 46.9 Å². The minimum Gasteiger partial charge on any atom is -0.459 e. The molecule has 0 amide bonds. The Bertz CT molecular complexity index is 773. The highest BCUT2D eigenvalue weighted by atomic mass is 79.9. The third-order valence-corrected chi connectivity index (χ3v) is 4.60. The number of carbonyl (C=O) groups excluding carboxylic acids is 2. The number of hydrogen-bond donors (Lipinski definition) is 0. The highest BCUT2D eigenvalue weighted by Gasteiger charge is 2.23. The van der Waals surface area contributed by atoms with Crippen molar-refractivity contribution < 1.29 is 19.1 Å². The number of halogens is 2. The van der Waals surface area contributed by atoms with Gasteiger partial charge in [-0.25, -0.2) is 4.79 Å². The van der Waals surface area contributed by atoms with Crippen LogP contribution in [0.3, 0.4) is 0 Å². The first-order chi connectivity index (χ1) is 11.5. The van der Waals surface area contributed by atoms with E-state index in [9.17, 15) is 9.59 Å². The fourth-order valence-electron chi connectivity index (χ4n) is 2.62. The van der Waals surface area contributed by atoms with Crippen molar-refractivity contribution in [1.82, 2.24) is 0 Å². The molecule has 0 saturated carbocycles. The second kappa shape index (κ2) is 7.47. The van der Waals surface area contributed by atoms with E-state index >= 15 is 0 Å². The van der Waals surface area contributed by atoms with E-state index in [2.05, 4.69) is 15.9 Å². The Labute approximate surface area is 152 Å². The second-order valence-electron chi connectivity index (χ2n) is 5.40. The van der Waals surface area contributed by atoms with Crippen molar-refractivity contribution in [1.29, 1.82) is 0 Å². The maximum Gasteiger partial charge on any atom is 0.338 e. The molecule has 0 N–H and O–H groups in total. The Morgan fingerprint density at radius 1 is 1.17 bits per heavy atom. The van der Waals surface area contributed by atoms with Crippen molar-refractivity contribution in [3.8, 4) is 0 Å². The van der Waals surface area contributed by atoms with Gasteiger partial charge in [-0.1, -0.05) is 22.0 Å². The van der Waals surface area contributed by atoms with Gasteiger partial charge in [0.1, 0.15) is 12.7 Å². The predicted octanol–water partition coefficient (Wildman–Crippen LogP) is 4.30. The first-order valence-corrected chi connectivity index (χ1v) is 8.58. The van der Waals surface area contributed by atoms with Gasteiger partial charge in [0.05, 0.1) is 12.2 Å². The third-order valence-electron chi connectivity index (χ3n) is 3.85. The zero-order valence-electron chi connectivity index (χ0n) is 12.6. The standard InChI is InChI=1S/C18H14BrClO4/c19-14-4-1-11(2-5-14)18(22)24-10-16-15-6-3-13(17(20)21)9-12(15)7-8-23-16/h1-6,9,16H,7-8,10H2/t16-/m1/s1. The van der Waals surface area contributed by atoms with Crippen LogP contribution < -0.4 is 0 Å². The maximum atomic E-state index is 12.1. The van der Waals surface area contributed by atoms with Gasteiger partial charge in [0.15, 0.2) is 0 Å². The zero-order chi connectivity index (χ0) is 17.1. The molecule has 0 unspecified atom stereocenters. The first kappa shape index (κ1) is 17.1. The molecule has 1 aliphatic rings. The van der Waals surface area contributed by atoms with E-state index in [-0.39, 0.29) is 12.7 Å². The molecule has 4 nitrogen and oxygen atoms in total. The van der Waals surface area contributed by atoms with Gasteiger partial charge in [0.25, 0.3) is 5.24 Å². The zero-order valence-corrected chi connectivity index (χ0v) is 15.0. The maximum absolute atomic E-state index is 12.1. The van der Waals surface area contributed by atoms with E-state index in [0.29, 0.717) is 24.2 Å². The number of benzene rings is 2. The summed E-state index contributed by atoms with van der Waals surface area (Å²) >= 11 is 8.85. The minimum absolute atomic E-state index is 0.121. The van der Waals surface area contributed by atoms with Crippen molar-refractivity contribution in [2.75, 3.05) is 13.2 Å². The van der Waals surface area contributed by atoms with Crippen molar-refractivity contribution in [3.05, 3.63) is 69.2 Å². The second-order valence-corrected chi connectivity index (χ2v) is 6.66. The summed E-state index contributed by atoms with van der Waals surface area (Å²) in [6.07, 6.45) is 0.359. The number of esters is 1. The summed E-state index contributed by atoms with van der Waals surface area (Å²) in [5.74, 6) is -0.397. The highest BCUT2D eigenvalue weighted by molar-refractivity contribution is 9.10. The van der Waals surface area contributed by atoms with Crippen molar-refractivity contribution in [2.24, 2.45) is 0 Å². The molecule has 3 rings (SSSR count). The summed E-state index contributed by atoms with van der Waals surface area (Å²) in [5, 5.41) is -0.484. The lowest BCUT2D eigenvalue weighted by Gasteiger charge is -2.26. The van der Waals surface area contributed by atoms with Crippen molar-refractivity contribution in [3.63, 3.8) is 0 Å². The molecule has 1 atom stereocenters. The molecule has 0 spiro atoms. The van der Waals surface area contributed by atoms with Gasteiger partial charge in [0.2, 0.25) is 0 Å². The Balaban J connectivity index is 1.70. The SMILES string of the molecule is O=C(Cl)c1ccc2c(c1)CCO[C@@H]2COC(=O)c1ccc(Br)cc1. The molecule has 6 heteroatoms. The van der Waals surface area contributed by atoms with Crippen LogP contribution in [0.1, 0.15) is 37.9 Å². The molecule has 1 heterocycles. The van der Waals surface area contributed by atoms with E-state index in [1.807, 2.05) is 6.07 Å². The van der Waals surface area contributed by atoms with Gasteiger partial charge in [-0.2, -0.15) is 0 Å². The van der Waals surface area contributed by atoms with Gasteiger partial charge in [-0.15, -0.1) is 0 Å². The lowest BCUT2D eigenvalue weighted by atomic mass is 9.96. The van der Waals surface area contributed by atoms with Crippen LogP contribution in [-0.2, 0) is 15.9 Å². The van der Waals surface area contributed by atoms with E-state index in [4.69, 9.17) is 21.1 Å². The molecule has 1 aliphatic heterocycles. The van der Waals surface area contributed by atoms with Crippen LogP contribution >= 0.6 is 27.5 Å². The van der Waals surface area contributed by atoms with Crippen molar-refractivity contribution >= 4 is 38.7 Å². The van der Waals surface area contributed by atoms with Crippen LogP contribution in [0.2, 0.25) is 0 Å². The third kappa shape index (κ3) is 3.86. The number of carbonyl (C=O) groups is 2. The van der Waals surface area contributed by atoms with E-state index in [1.54, 1.807) is 36.4 Å². The average molecular weight is 410 g/mol. The molecule has 0 radical (unpaired) electrons. The Hall–Kier alpha value is -1.69. The molecule has 2 aromatic carbocycles. The average Bonchev–Trinajstić information content (AvgIpc) is 2.59. The molecule has 2 aromatic rings. The van der Waals surface area contributed by atoms with Crippen LogP contribution in [0.5, 0.6) is 0 Å². The fourth-order valence-corrected chi connectivity index (χ4v) is 3.00. The molecule has 0 bridgehead atoms. The van der Waals surface area contributed by atoms with E-state index < -0.39 is 11.2 Å². The summed E-state index contributed by atoms with van der Waals surface area (Å²) in [6, 6.07) is 12.2. The van der Waals surface area contributed by atoms with Gasteiger partial charge < -0.3 is 9.47 Å². The summed E-state index contributed by atoms with van der Waals surface area (Å²) in [6.45, 7) is 0.628. The number of ether oxygens (including phenoxy) is 2. The normalized spacial score (nSPS) is 16.3. The Morgan fingerprint density at radius 2 is 1.88 bits per heavy atom. The van der Waals surface area contributed by atoms with E-state index in [1.165, 1.54) is 0 Å². The molecule has 124 valence electrons. The van der Waals surface area contributed by atoms with Crippen LogP contribution in [0.4, 0.5) is 0 Å². The summed E-state index contributed by atoms with van der Waals surface area (Å²) in [7, 11) is 0. The number of fused-ring (bicyclic) bond motifs is 1.